The Morgan fingerprint density at radius 3 is 2.35 bits per heavy atom. The van der Waals surface area contributed by atoms with Crippen LogP contribution in [0.1, 0.15) is 24.5 Å². The second-order valence-electron chi connectivity index (χ2n) is 3.90. The number of carbonyl (C=O) groups excluding carboxylic acids is 1. The van der Waals surface area contributed by atoms with E-state index in [1.807, 2.05) is 6.92 Å². The molecule has 1 N–H and O–H groups in total. The third kappa shape index (κ3) is 4.49. The van der Waals surface area contributed by atoms with E-state index in [0.29, 0.717) is 12.1 Å². The first-order valence-corrected chi connectivity index (χ1v) is 5.89. The molecule has 108 valence electrons. The number of benzene rings is 1. The molecule has 0 aliphatic rings. The largest absolute Gasteiger partial charge is 0.416 e. The van der Waals surface area contributed by atoms with Crippen molar-refractivity contribution in [2.75, 3.05) is 6.54 Å². The van der Waals surface area contributed by atoms with Crippen LogP contribution in [0.2, 0.25) is 0 Å². The summed E-state index contributed by atoms with van der Waals surface area (Å²) in [4.78, 5) is 18.6. The Balaban J connectivity index is 2.93. The lowest BCUT2D eigenvalue weighted by molar-refractivity contribution is -0.137. The van der Waals surface area contributed by atoms with Crippen molar-refractivity contribution in [1.29, 1.82) is 0 Å². The van der Waals surface area contributed by atoms with E-state index in [2.05, 4.69) is 22.0 Å². The van der Waals surface area contributed by atoms with Gasteiger partial charge in [-0.25, -0.2) is 9.79 Å². The molecule has 0 saturated heterocycles. The fourth-order valence-corrected chi connectivity index (χ4v) is 1.37. The van der Waals surface area contributed by atoms with Crippen molar-refractivity contribution in [3.63, 3.8) is 0 Å². The summed E-state index contributed by atoms with van der Waals surface area (Å²) < 4.78 is 37.3. The van der Waals surface area contributed by atoms with Gasteiger partial charge in [-0.2, -0.15) is 18.2 Å². The minimum absolute atomic E-state index is 0.0210. The molecule has 2 amide bonds. The number of carbonyl (C=O) groups is 1. The number of nitrogens with one attached hydrogen (secondary N) is 1. The van der Waals surface area contributed by atoms with Crippen LogP contribution in [0.15, 0.2) is 34.3 Å². The molecule has 0 bridgehead atoms. The smallest absolute Gasteiger partial charge is 0.336 e. The van der Waals surface area contributed by atoms with Crippen LogP contribution < -0.4 is 5.32 Å². The van der Waals surface area contributed by atoms with E-state index < -0.39 is 17.8 Å². The average molecular weight is 285 g/mol. The van der Waals surface area contributed by atoms with Crippen LogP contribution in [-0.4, -0.2) is 25.1 Å². The number of urea groups is 1. The van der Waals surface area contributed by atoms with Crippen molar-refractivity contribution < 1.29 is 18.0 Å². The van der Waals surface area contributed by atoms with E-state index in [-0.39, 0.29) is 5.84 Å². The second kappa shape index (κ2) is 6.83. The molecule has 4 nitrogen and oxygen atoms in total. The summed E-state index contributed by atoms with van der Waals surface area (Å²) in [5.74, 6) is -0.0210. The van der Waals surface area contributed by atoms with Gasteiger partial charge in [0.15, 0.2) is 5.84 Å². The first-order valence-electron chi connectivity index (χ1n) is 5.89. The summed E-state index contributed by atoms with van der Waals surface area (Å²) >= 11 is 0. The molecule has 0 aliphatic heterocycles. The Bertz CT molecular complexity index is 507. The number of halogens is 3. The lowest BCUT2D eigenvalue weighted by Gasteiger charge is -2.07. The van der Waals surface area contributed by atoms with Crippen LogP contribution in [0.25, 0.3) is 0 Å². The van der Waals surface area contributed by atoms with Crippen LogP contribution in [0, 0.1) is 0 Å². The quantitative estimate of drug-likeness (QED) is 0.672. The highest BCUT2D eigenvalue weighted by molar-refractivity contribution is 6.06. The van der Waals surface area contributed by atoms with E-state index in [4.69, 9.17) is 0 Å². The molecule has 1 aromatic carbocycles. The highest BCUT2D eigenvalue weighted by Crippen LogP contribution is 2.29. The molecular weight excluding hydrogens is 271 g/mol. The zero-order valence-corrected chi connectivity index (χ0v) is 10.9. The molecule has 0 atom stereocenters. The van der Waals surface area contributed by atoms with Gasteiger partial charge in [0.1, 0.15) is 0 Å². The molecule has 0 heterocycles. The average Bonchev–Trinajstić information content (AvgIpc) is 2.41. The summed E-state index contributed by atoms with van der Waals surface area (Å²) in [6, 6.07) is 3.60. The zero-order chi connectivity index (χ0) is 15.2. The van der Waals surface area contributed by atoms with Gasteiger partial charge in [0, 0.05) is 12.1 Å². The van der Waals surface area contributed by atoms with Crippen LogP contribution in [0.4, 0.5) is 18.0 Å². The van der Waals surface area contributed by atoms with Gasteiger partial charge in [-0.1, -0.05) is 19.1 Å². The van der Waals surface area contributed by atoms with Gasteiger partial charge in [-0.05, 0) is 25.3 Å². The van der Waals surface area contributed by atoms with Crippen LogP contribution in [-0.2, 0) is 6.18 Å². The molecule has 0 fully saturated rings. The number of hydrogen-bond donors (Lipinski definition) is 1. The zero-order valence-electron chi connectivity index (χ0n) is 10.9. The van der Waals surface area contributed by atoms with Crippen molar-refractivity contribution >= 4 is 18.6 Å². The maximum atomic E-state index is 12.4. The highest BCUT2D eigenvalue weighted by atomic mass is 19.4. The fourth-order valence-electron chi connectivity index (χ4n) is 1.37. The summed E-state index contributed by atoms with van der Waals surface area (Å²) in [5, 5.41) is 2.51. The predicted molar refractivity (Wildman–Crippen MR) is 71.2 cm³/mol. The Morgan fingerprint density at radius 2 is 1.90 bits per heavy atom. The van der Waals surface area contributed by atoms with Crippen molar-refractivity contribution in [3.8, 4) is 0 Å². The summed E-state index contributed by atoms with van der Waals surface area (Å²) in [6.07, 6.45) is -3.66. The van der Waals surface area contributed by atoms with E-state index in [0.717, 1.165) is 18.6 Å². The second-order valence-corrected chi connectivity index (χ2v) is 3.90. The Morgan fingerprint density at radius 1 is 1.30 bits per heavy atom. The van der Waals surface area contributed by atoms with Crippen molar-refractivity contribution in [2.24, 2.45) is 9.98 Å². The molecule has 7 heteroatoms. The number of hydrogen-bond acceptors (Lipinski definition) is 1. The van der Waals surface area contributed by atoms with E-state index in [1.54, 1.807) is 0 Å². The third-order valence-electron chi connectivity index (χ3n) is 2.35. The van der Waals surface area contributed by atoms with Crippen LogP contribution in [0.3, 0.4) is 0 Å². The Labute approximate surface area is 114 Å². The van der Waals surface area contributed by atoms with Gasteiger partial charge in [0.2, 0.25) is 0 Å². The molecule has 0 aromatic heterocycles. The normalized spacial score (nSPS) is 12.1. The number of nitrogens with zero attached hydrogens (tertiary/aromatic N) is 2. The SMILES string of the molecule is C=N/C(=N\C(=O)NCCC)c1ccc(C(F)(F)F)cc1. The van der Waals surface area contributed by atoms with E-state index >= 15 is 0 Å². The first-order chi connectivity index (χ1) is 9.38. The van der Waals surface area contributed by atoms with Crippen molar-refractivity contribution in [3.05, 3.63) is 35.4 Å². The maximum absolute atomic E-state index is 12.4. The number of rotatable bonds is 3. The van der Waals surface area contributed by atoms with Crippen LogP contribution >= 0.6 is 0 Å². The third-order valence-corrected chi connectivity index (χ3v) is 2.35. The lowest BCUT2D eigenvalue weighted by atomic mass is 10.1. The van der Waals surface area contributed by atoms with Gasteiger partial charge in [0.25, 0.3) is 0 Å². The van der Waals surface area contributed by atoms with Crippen LogP contribution in [0.5, 0.6) is 0 Å². The molecule has 1 aromatic rings. The molecule has 0 aliphatic carbocycles. The molecule has 1 rings (SSSR count). The number of amides is 2. The molecule has 0 unspecified atom stereocenters. The predicted octanol–water partition coefficient (Wildman–Crippen LogP) is 3.27. The first kappa shape index (κ1) is 15.9. The van der Waals surface area contributed by atoms with Gasteiger partial charge >= 0.3 is 12.2 Å². The molecule has 0 radical (unpaired) electrons. The molecule has 0 spiro atoms. The summed E-state index contributed by atoms with van der Waals surface area (Å²) in [7, 11) is 0. The summed E-state index contributed by atoms with van der Waals surface area (Å²) in [5.41, 5.74) is -0.486. The Kier molecular flexibility index (Phi) is 5.42. The molecule has 0 saturated carbocycles. The maximum Gasteiger partial charge on any atom is 0.416 e. The molecule has 20 heavy (non-hydrogen) atoms. The van der Waals surface area contributed by atoms with E-state index in [1.165, 1.54) is 12.1 Å². The topological polar surface area (TPSA) is 53.8 Å². The molecular formula is C13H14F3N3O. The fraction of sp³-hybridized carbons (Fsp3) is 0.308. The number of amidine groups is 1. The highest BCUT2D eigenvalue weighted by Gasteiger charge is 2.30. The van der Waals surface area contributed by atoms with Crippen molar-refractivity contribution in [2.45, 2.75) is 19.5 Å². The minimum atomic E-state index is -4.41. The summed E-state index contributed by atoms with van der Waals surface area (Å²) in [6.45, 7) is 5.60. The van der Waals surface area contributed by atoms with Gasteiger partial charge in [-0.3, -0.25) is 0 Å². The van der Waals surface area contributed by atoms with Gasteiger partial charge in [0.05, 0.1) is 5.56 Å². The standard InChI is InChI=1S/C13H14F3N3O/c1-3-8-18-12(20)19-11(17-2)9-4-6-10(7-5-9)13(14,15)16/h4-7H,2-3,8H2,1H3,(H,18,20)/b19-11-. The number of alkyl halides is 3. The lowest BCUT2D eigenvalue weighted by Crippen LogP contribution is -2.21. The minimum Gasteiger partial charge on any atom is -0.336 e. The van der Waals surface area contributed by atoms with Gasteiger partial charge in [-0.15, -0.1) is 0 Å². The number of aliphatic imine (C=N–C) groups is 2. The van der Waals surface area contributed by atoms with Gasteiger partial charge < -0.3 is 5.32 Å². The Hall–Kier alpha value is -2.18. The monoisotopic (exact) mass is 285 g/mol. The van der Waals surface area contributed by atoms with E-state index in [9.17, 15) is 18.0 Å². The van der Waals surface area contributed by atoms with Crippen molar-refractivity contribution in [1.82, 2.24) is 5.32 Å².